The Bertz CT molecular complexity index is 4310. The molecule has 7 atom stereocenters. The van der Waals surface area contributed by atoms with Gasteiger partial charge in [0.25, 0.3) is 10.9 Å². The zero-order chi connectivity index (χ0) is 98.7. The first-order valence-electron chi connectivity index (χ1n) is 46.6. The standard InChI is InChI=1S/C22H30O3.C18H29NO2S.C16H25NO3.C15H25NO2.C13H21NO3.C12H18N2O3.C9H16N2O2S/c1-24-17-16-20-12-14-22(15-13-20)25-18-21(23)11-7-3-6-10-19-8-4-2-5-9-19;1-17(2)10-11-18(3,4)19(17)12-14(20)13-21-15-8-6-7-9-16(15)22-5;1-5-6-13-7-8-15(16(9-13)19-4)20-11-14(18)10-17-12(2)3;1-10(2)16-8-14(17)9-18-15-7-12(4)11(3)6-13(15)5;1-10(2)14-8-11(15)9-17-13-7-5-4-6-12(13)16-3;1-9(2)13-8-12(15)7-10-3-5-11(6-4-10)14(16)17;1-7(2)11-5-8(12)6-13-9-10-3-4-14-9/h2,4-5,8-9,12-15,21,23H,3,6-7,10-11,16-18H2,1H3;6-9,14,20H,10-13H2,1-5H3;5,7-9,12,14,17-18H,1,6,10-11H2,2-4H3;6-7,10,14,16-17H,8-9H2,1-5H3;4-7,10-11,14-15H,8-9H2,1-3H3;3-6,9,12-13,15H,7-8H2,1-2H3;3-4,7-8,11-12H,5-6H2,1-2H3. The Labute approximate surface area is 804 Å². The Morgan fingerprint density at radius 3 is 1.41 bits per heavy atom. The number of ether oxygens (including phenoxy) is 9. The number of nitrogens with zero attached hydrogens (tertiary/aromatic N) is 3. The van der Waals surface area contributed by atoms with Gasteiger partial charge in [-0.15, -0.1) is 18.3 Å². The van der Waals surface area contributed by atoms with Crippen LogP contribution >= 0.6 is 23.1 Å². The number of benzene rings is 7. The third kappa shape index (κ3) is 53.6. The average molecular weight is 1890 g/mol. The van der Waals surface area contributed by atoms with Gasteiger partial charge in [-0.2, -0.15) is 0 Å². The van der Waals surface area contributed by atoms with Gasteiger partial charge >= 0.3 is 0 Å². The number of allylic oxidation sites excluding steroid dienone is 1. The molecular weight excluding hydrogens is 1730 g/mol. The van der Waals surface area contributed by atoms with E-state index in [1.807, 2.05) is 183 Å². The first-order chi connectivity index (χ1) is 63.3. The number of thioether (sulfide) groups is 1. The number of non-ortho nitro benzene ring substituents is 1. The van der Waals surface area contributed by atoms with E-state index in [1.165, 1.54) is 65.0 Å². The molecule has 0 bridgehead atoms. The molecule has 9 rings (SSSR count). The number of nitro groups is 1. The number of aliphatic hydroxyl groups excluding tert-OH is 7. The summed E-state index contributed by atoms with van der Waals surface area (Å²) < 4.78 is 49.1. The molecule has 744 valence electrons. The minimum absolute atomic E-state index is 0.0727. The van der Waals surface area contributed by atoms with Crippen LogP contribution < -0.4 is 64.5 Å². The number of β-amino-alcohol motifs (C(OH)–C–C–N with tert-alkyl or cyclic N) is 1. The van der Waals surface area contributed by atoms with E-state index in [4.69, 9.17) is 42.6 Å². The smallest absolute Gasteiger partial charge is 0.273 e. The molecule has 2 heterocycles. The first-order valence-corrected chi connectivity index (χ1v) is 48.7. The summed E-state index contributed by atoms with van der Waals surface area (Å²) in [6.07, 6.45) is 12.0. The molecule has 133 heavy (non-hydrogen) atoms. The molecular formula is C105H164N8O18S2. The van der Waals surface area contributed by atoms with Crippen molar-refractivity contribution < 1.29 is 83.3 Å². The Kier molecular flexibility index (Phi) is 60.4. The molecule has 28 heteroatoms. The van der Waals surface area contributed by atoms with E-state index in [0.29, 0.717) is 124 Å². The van der Waals surface area contributed by atoms with Crippen molar-refractivity contribution in [1.82, 2.24) is 36.5 Å². The van der Waals surface area contributed by atoms with E-state index in [1.54, 1.807) is 51.4 Å². The number of nitrogens with one attached hydrogen (secondary N) is 5. The van der Waals surface area contributed by atoms with Gasteiger partial charge in [0.05, 0.1) is 38.0 Å². The number of likely N-dealkylation sites (tertiary alicyclic amines) is 1. The number of nitro benzene ring substituents is 1. The van der Waals surface area contributed by atoms with Gasteiger partial charge in [0.2, 0.25) is 0 Å². The van der Waals surface area contributed by atoms with Crippen LogP contribution in [0.5, 0.6) is 45.4 Å². The molecule has 1 saturated heterocycles. The number of unbranched alkanes of at least 4 members (excludes halogenated alkanes) is 2. The lowest BCUT2D eigenvalue weighted by atomic mass is 10.0. The SMILES string of the molecule is C=CCc1ccc(OCC(O)CNC(C)C)c(OC)c1.CC(C)NCC(O)COc1nccs1.CC(C)NCC(O)Cc1ccc([N+](=O)[O-])cc1.COCCc1ccc(OCC(O)CCCCCc2ccccc2)cc1.COc1ccccc1OCC(O)CNC(C)C.CSc1ccccc1OCC(O)CN1C(C)(C)CCC1(C)C.Cc1cc(C)c(OCC(O)CNC(C)C)cc1C. The monoisotopic (exact) mass is 1890 g/mol. The number of thiazole rings is 1. The predicted octanol–water partition coefficient (Wildman–Crippen LogP) is 16.5. The van der Waals surface area contributed by atoms with E-state index in [-0.39, 0.29) is 36.6 Å². The number of para-hydroxylation sites is 3. The van der Waals surface area contributed by atoms with E-state index in [9.17, 15) is 45.9 Å². The zero-order valence-corrected chi connectivity index (χ0v) is 85.1. The molecule has 7 unspecified atom stereocenters. The molecule has 7 aromatic carbocycles. The van der Waals surface area contributed by atoms with Gasteiger partial charge in [0, 0.05) is 116 Å². The fraction of sp³-hybridized carbons (Fsp3) is 0.552. The molecule has 1 aromatic heterocycles. The fourth-order valence-corrected chi connectivity index (χ4v) is 14.4. The van der Waals surface area contributed by atoms with Crippen LogP contribution in [0.25, 0.3) is 0 Å². The lowest BCUT2D eigenvalue weighted by Gasteiger charge is -2.41. The molecule has 0 radical (unpaired) electrons. The van der Waals surface area contributed by atoms with Crippen LogP contribution in [-0.4, -0.2) is 248 Å². The highest BCUT2D eigenvalue weighted by Gasteiger charge is 2.45. The van der Waals surface area contributed by atoms with Crippen molar-refractivity contribution >= 4 is 28.8 Å². The summed E-state index contributed by atoms with van der Waals surface area (Å²) in [7, 11) is 4.91. The number of aliphatic hydroxyl groups is 7. The molecule has 26 nitrogen and oxygen atoms in total. The second-order valence-electron chi connectivity index (χ2n) is 35.9. The first kappa shape index (κ1) is 119. The van der Waals surface area contributed by atoms with Crippen molar-refractivity contribution in [3.63, 3.8) is 0 Å². The van der Waals surface area contributed by atoms with Crippen molar-refractivity contribution in [3.8, 4) is 45.4 Å². The molecule has 12 N–H and O–H groups in total. The zero-order valence-electron chi connectivity index (χ0n) is 83.4. The van der Waals surface area contributed by atoms with E-state index in [0.717, 1.165) is 84.0 Å². The average Bonchev–Trinajstić information content (AvgIpc) is 1.63. The number of hydrogen-bond acceptors (Lipinski definition) is 27. The quantitative estimate of drug-likeness (QED) is 0.00554. The summed E-state index contributed by atoms with van der Waals surface area (Å²) >= 11 is 3.09. The lowest BCUT2D eigenvalue weighted by molar-refractivity contribution is -0.384. The predicted molar refractivity (Wildman–Crippen MR) is 543 cm³/mol. The number of rotatable bonds is 52. The summed E-state index contributed by atoms with van der Waals surface area (Å²) in [4.78, 5) is 17.5. The number of aryl methyl sites for hydroxylation is 4. The molecule has 1 fully saturated rings. The van der Waals surface area contributed by atoms with Crippen molar-refractivity contribution in [2.45, 2.75) is 271 Å². The third-order valence-corrected chi connectivity index (χ3v) is 22.5. The Morgan fingerprint density at radius 2 is 0.917 bits per heavy atom. The summed E-state index contributed by atoms with van der Waals surface area (Å²) in [5, 5.41) is 97.7. The van der Waals surface area contributed by atoms with E-state index >= 15 is 0 Å². The van der Waals surface area contributed by atoms with E-state index < -0.39 is 47.7 Å². The fourth-order valence-electron chi connectivity index (χ4n) is 13.3. The van der Waals surface area contributed by atoms with Gasteiger partial charge in [0.1, 0.15) is 87.4 Å². The maximum Gasteiger partial charge on any atom is 0.273 e. The highest BCUT2D eigenvalue weighted by Crippen LogP contribution is 2.41. The minimum Gasteiger partial charge on any atom is -0.493 e. The van der Waals surface area contributed by atoms with Crippen molar-refractivity contribution in [2.24, 2.45) is 0 Å². The van der Waals surface area contributed by atoms with Crippen LogP contribution in [0.2, 0.25) is 0 Å². The van der Waals surface area contributed by atoms with Gasteiger partial charge < -0.3 is 105 Å². The highest BCUT2D eigenvalue weighted by atomic mass is 32.2. The van der Waals surface area contributed by atoms with Crippen LogP contribution in [0.1, 0.15) is 174 Å². The van der Waals surface area contributed by atoms with Gasteiger partial charge in [-0.1, -0.05) is 190 Å². The maximum absolute atomic E-state index is 10.5. The van der Waals surface area contributed by atoms with Crippen LogP contribution in [0.3, 0.4) is 0 Å². The van der Waals surface area contributed by atoms with Crippen LogP contribution in [0.15, 0.2) is 187 Å². The van der Waals surface area contributed by atoms with Crippen LogP contribution in [0, 0.1) is 30.9 Å². The largest absolute Gasteiger partial charge is 0.493 e. The van der Waals surface area contributed by atoms with Crippen LogP contribution in [0.4, 0.5) is 5.69 Å². The van der Waals surface area contributed by atoms with E-state index in [2.05, 4.69) is 129 Å². The van der Waals surface area contributed by atoms with Crippen molar-refractivity contribution in [2.75, 3.05) is 113 Å². The van der Waals surface area contributed by atoms with Crippen molar-refractivity contribution in [3.05, 3.63) is 231 Å². The van der Waals surface area contributed by atoms with Crippen molar-refractivity contribution in [1.29, 1.82) is 0 Å². The molecule has 0 aliphatic carbocycles. The third-order valence-electron chi connectivity index (χ3n) is 21.0. The molecule has 1 aliphatic rings. The normalized spacial score (nSPS) is 14.1. The van der Waals surface area contributed by atoms with Gasteiger partial charge in [-0.3, -0.25) is 15.0 Å². The topological polar surface area (TPSA) is 344 Å². The Hall–Kier alpha value is -8.50. The summed E-state index contributed by atoms with van der Waals surface area (Å²) in [6.45, 7) is 45.1. The number of aromatic nitrogens is 1. The Balaban J connectivity index is 0.000000402. The van der Waals surface area contributed by atoms with Crippen LogP contribution in [-0.2, 0) is 30.4 Å². The summed E-state index contributed by atoms with van der Waals surface area (Å²) in [5.41, 5.74) is 8.58. The molecule has 0 spiro atoms. The second kappa shape index (κ2) is 67.7. The van der Waals surface area contributed by atoms with Gasteiger partial charge in [-0.25, -0.2) is 4.98 Å². The highest BCUT2D eigenvalue weighted by molar-refractivity contribution is 7.98. The second-order valence-corrected chi connectivity index (χ2v) is 37.6. The summed E-state index contributed by atoms with van der Waals surface area (Å²) in [5.74, 6) is 5.17. The van der Waals surface area contributed by atoms with Gasteiger partial charge in [-0.05, 0) is 200 Å². The Morgan fingerprint density at radius 1 is 0.474 bits per heavy atom. The molecule has 0 amide bonds. The number of methoxy groups -OCH3 is 3. The molecule has 0 saturated carbocycles. The maximum atomic E-state index is 10.5. The summed E-state index contributed by atoms with van der Waals surface area (Å²) in [6, 6.07) is 51.9. The number of hydrogen-bond donors (Lipinski definition) is 12. The molecule has 8 aromatic rings. The lowest BCUT2D eigenvalue weighted by Crippen LogP contribution is -2.52. The van der Waals surface area contributed by atoms with Gasteiger partial charge in [0.15, 0.2) is 23.0 Å². The minimum atomic E-state index is -0.546. The molecule has 1 aliphatic heterocycles.